The first-order chi connectivity index (χ1) is 9.69. The van der Waals surface area contributed by atoms with E-state index in [1.165, 1.54) is 10.4 Å². The predicted molar refractivity (Wildman–Crippen MR) is 81.7 cm³/mol. The fourth-order valence-electron chi connectivity index (χ4n) is 2.14. The quantitative estimate of drug-likeness (QED) is 0.571. The molecule has 102 valence electrons. The zero-order chi connectivity index (χ0) is 14.1. The van der Waals surface area contributed by atoms with Crippen molar-refractivity contribution in [1.29, 1.82) is 0 Å². The van der Waals surface area contributed by atoms with Crippen LogP contribution in [0.5, 0.6) is 0 Å². The van der Waals surface area contributed by atoms with E-state index in [4.69, 9.17) is 5.84 Å². The lowest BCUT2D eigenvalue weighted by Gasteiger charge is -2.06. The van der Waals surface area contributed by atoms with Crippen LogP contribution in [0, 0.1) is 13.8 Å². The number of pyridine rings is 1. The van der Waals surface area contributed by atoms with Crippen molar-refractivity contribution in [2.45, 2.75) is 20.3 Å². The Hall–Kier alpha value is -2.05. The maximum atomic E-state index is 5.61. The summed E-state index contributed by atoms with van der Waals surface area (Å²) in [6.07, 6.45) is 2.37. The third kappa shape index (κ3) is 2.23. The summed E-state index contributed by atoms with van der Waals surface area (Å²) in [6.45, 7) is 4.15. The van der Waals surface area contributed by atoms with Crippen LogP contribution >= 0.6 is 11.3 Å². The fraction of sp³-hybridized carbons (Fsp3) is 0.214. The number of hydrogen-bond donors (Lipinski definition) is 2. The van der Waals surface area contributed by atoms with E-state index in [-0.39, 0.29) is 0 Å². The highest BCUT2D eigenvalue weighted by Gasteiger charge is 2.14. The summed E-state index contributed by atoms with van der Waals surface area (Å²) in [7, 11) is 0. The molecule has 0 atom stereocenters. The van der Waals surface area contributed by atoms with Gasteiger partial charge in [-0.1, -0.05) is 6.07 Å². The molecule has 3 aromatic heterocycles. The number of thiophene rings is 1. The maximum Gasteiger partial charge on any atom is 0.152 e. The smallest absolute Gasteiger partial charge is 0.152 e. The van der Waals surface area contributed by atoms with Gasteiger partial charge in [-0.25, -0.2) is 15.8 Å². The Morgan fingerprint density at radius 2 is 2.10 bits per heavy atom. The second kappa shape index (κ2) is 5.15. The molecule has 0 saturated carbocycles. The Kier molecular flexibility index (Phi) is 3.33. The molecule has 3 heterocycles. The normalized spacial score (nSPS) is 10.9. The van der Waals surface area contributed by atoms with Gasteiger partial charge >= 0.3 is 0 Å². The monoisotopic (exact) mass is 285 g/mol. The highest BCUT2D eigenvalue weighted by Crippen LogP contribution is 2.32. The molecule has 0 aliphatic carbocycles. The predicted octanol–water partition coefficient (Wildman–Crippen LogP) is 2.58. The molecule has 20 heavy (non-hydrogen) atoms. The van der Waals surface area contributed by atoms with E-state index in [1.807, 2.05) is 18.2 Å². The minimum Gasteiger partial charge on any atom is -0.308 e. The lowest BCUT2D eigenvalue weighted by atomic mass is 10.2. The van der Waals surface area contributed by atoms with E-state index >= 15 is 0 Å². The topological polar surface area (TPSA) is 76.7 Å². The molecule has 0 spiro atoms. The molecule has 0 radical (unpaired) electrons. The number of nitrogens with two attached hydrogens (primary N) is 1. The SMILES string of the molecule is Cc1sc2nc(Cc3ccccn3)nc(NN)c2c1C. The number of hydrazine groups is 1. The Bertz CT molecular complexity index is 751. The zero-order valence-electron chi connectivity index (χ0n) is 11.3. The van der Waals surface area contributed by atoms with E-state index < -0.39 is 0 Å². The number of nitrogens with one attached hydrogen (secondary N) is 1. The van der Waals surface area contributed by atoms with Gasteiger partial charge in [-0.2, -0.15) is 0 Å². The van der Waals surface area contributed by atoms with Gasteiger partial charge in [0.25, 0.3) is 0 Å². The van der Waals surface area contributed by atoms with Crippen LogP contribution in [-0.4, -0.2) is 15.0 Å². The maximum absolute atomic E-state index is 5.61. The van der Waals surface area contributed by atoms with Crippen LogP contribution in [0.1, 0.15) is 22.0 Å². The first-order valence-electron chi connectivity index (χ1n) is 6.32. The highest BCUT2D eigenvalue weighted by molar-refractivity contribution is 7.18. The molecule has 0 saturated heterocycles. The number of nitrogens with zero attached hydrogens (tertiary/aromatic N) is 3. The number of fused-ring (bicyclic) bond motifs is 1. The second-order valence-electron chi connectivity index (χ2n) is 4.59. The molecule has 0 fully saturated rings. The van der Waals surface area contributed by atoms with Gasteiger partial charge in [-0.3, -0.25) is 4.98 Å². The standard InChI is InChI=1S/C14H15N5S/c1-8-9(2)20-14-12(8)13(19-15)17-11(18-14)7-10-5-3-4-6-16-10/h3-6H,7,15H2,1-2H3,(H,17,18,19). The molecular weight excluding hydrogens is 270 g/mol. The van der Waals surface area contributed by atoms with Crippen molar-refractivity contribution in [2.75, 3.05) is 5.43 Å². The third-order valence-corrected chi connectivity index (χ3v) is 4.38. The van der Waals surface area contributed by atoms with Gasteiger partial charge in [0.15, 0.2) is 5.82 Å². The molecule has 0 unspecified atom stereocenters. The van der Waals surface area contributed by atoms with Crippen LogP contribution in [0.25, 0.3) is 10.2 Å². The molecule has 0 amide bonds. The first kappa shape index (κ1) is 13.0. The lowest BCUT2D eigenvalue weighted by Crippen LogP contribution is -2.11. The summed E-state index contributed by atoms with van der Waals surface area (Å²) >= 11 is 1.67. The van der Waals surface area contributed by atoms with E-state index in [1.54, 1.807) is 17.5 Å². The summed E-state index contributed by atoms with van der Waals surface area (Å²) < 4.78 is 0. The third-order valence-electron chi connectivity index (χ3n) is 3.28. The van der Waals surface area contributed by atoms with Crippen LogP contribution in [0.4, 0.5) is 5.82 Å². The van der Waals surface area contributed by atoms with Crippen molar-refractivity contribution in [3.63, 3.8) is 0 Å². The Morgan fingerprint density at radius 3 is 2.80 bits per heavy atom. The fourth-order valence-corrected chi connectivity index (χ4v) is 3.19. The minimum atomic E-state index is 0.599. The first-order valence-corrected chi connectivity index (χ1v) is 7.14. The van der Waals surface area contributed by atoms with Crippen molar-refractivity contribution in [3.8, 4) is 0 Å². The van der Waals surface area contributed by atoms with Crippen LogP contribution in [0.2, 0.25) is 0 Å². The summed E-state index contributed by atoms with van der Waals surface area (Å²) in [4.78, 5) is 15.6. The minimum absolute atomic E-state index is 0.599. The molecular formula is C14H15N5S. The number of rotatable bonds is 3. The van der Waals surface area contributed by atoms with Crippen molar-refractivity contribution >= 4 is 27.4 Å². The molecule has 0 bridgehead atoms. The average molecular weight is 285 g/mol. The van der Waals surface area contributed by atoms with Crippen LogP contribution < -0.4 is 11.3 Å². The van der Waals surface area contributed by atoms with Gasteiger partial charge in [-0.15, -0.1) is 11.3 Å². The van der Waals surface area contributed by atoms with Gasteiger partial charge in [0.2, 0.25) is 0 Å². The Balaban J connectivity index is 2.09. The van der Waals surface area contributed by atoms with E-state index in [0.29, 0.717) is 12.2 Å². The number of anilines is 1. The molecule has 3 aromatic rings. The molecule has 0 aliphatic rings. The van der Waals surface area contributed by atoms with Gasteiger partial charge < -0.3 is 5.43 Å². The van der Waals surface area contributed by atoms with E-state index in [9.17, 15) is 0 Å². The average Bonchev–Trinajstić information content (AvgIpc) is 2.74. The van der Waals surface area contributed by atoms with Crippen LogP contribution in [-0.2, 0) is 6.42 Å². The molecule has 0 aliphatic heterocycles. The molecule has 6 heteroatoms. The summed E-state index contributed by atoms with van der Waals surface area (Å²) in [5.74, 6) is 7.02. The second-order valence-corrected chi connectivity index (χ2v) is 5.80. The Morgan fingerprint density at radius 1 is 1.25 bits per heavy atom. The molecule has 3 N–H and O–H groups in total. The van der Waals surface area contributed by atoms with E-state index in [2.05, 4.69) is 34.2 Å². The largest absolute Gasteiger partial charge is 0.308 e. The zero-order valence-corrected chi connectivity index (χ0v) is 12.2. The van der Waals surface area contributed by atoms with Crippen molar-refractivity contribution < 1.29 is 0 Å². The van der Waals surface area contributed by atoms with Crippen LogP contribution in [0.15, 0.2) is 24.4 Å². The van der Waals surface area contributed by atoms with Gasteiger partial charge in [-0.05, 0) is 31.5 Å². The van der Waals surface area contributed by atoms with Crippen molar-refractivity contribution in [2.24, 2.45) is 5.84 Å². The molecule has 5 nitrogen and oxygen atoms in total. The van der Waals surface area contributed by atoms with Gasteiger partial charge in [0, 0.05) is 16.8 Å². The van der Waals surface area contributed by atoms with Gasteiger partial charge in [0.05, 0.1) is 11.8 Å². The summed E-state index contributed by atoms with van der Waals surface area (Å²) in [5.41, 5.74) is 4.81. The molecule has 3 rings (SSSR count). The molecule has 0 aromatic carbocycles. The number of aromatic nitrogens is 3. The van der Waals surface area contributed by atoms with Crippen molar-refractivity contribution in [1.82, 2.24) is 15.0 Å². The number of nitrogen functional groups attached to an aromatic ring is 1. The summed E-state index contributed by atoms with van der Waals surface area (Å²) in [5, 5.41) is 1.01. The van der Waals surface area contributed by atoms with Gasteiger partial charge in [0.1, 0.15) is 10.7 Å². The lowest BCUT2D eigenvalue weighted by molar-refractivity contribution is 0.955. The summed E-state index contributed by atoms with van der Waals surface area (Å²) in [6, 6.07) is 5.82. The highest BCUT2D eigenvalue weighted by atomic mass is 32.1. The Labute approximate surface area is 120 Å². The number of aryl methyl sites for hydroxylation is 2. The number of hydrogen-bond acceptors (Lipinski definition) is 6. The van der Waals surface area contributed by atoms with Crippen LogP contribution in [0.3, 0.4) is 0 Å². The van der Waals surface area contributed by atoms with E-state index in [0.717, 1.165) is 21.7 Å². The van der Waals surface area contributed by atoms with Crippen molar-refractivity contribution in [3.05, 3.63) is 46.4 Å².